The van der Waals surface area contributed by atoms with Crippen LogP contribution in [0.2, 0.25) is 0 Å². The molecule has 1 heterocycles. The normalized spacial score (nSPS) is 27.0. The molecule has 128 valence electrons. The van der Waals surface area contributed by atoms with Crippen molar-refractivity contribution < 1.29 is 9.31 Å². The second-order valence-corrected chi connectivity index (χ2v) is 6.28. The third kappa shape index (κ3) is 3.48. The first-order chi connectivity index (χ1) is 11.6. The van der Waals surface area contributed by atoms with Crippen molar-refractivity contribution in [2.24, 2.45) is 0 Å². The Morgan fingerprint density at radius 3 is 2.67 bits per heavy atom. The quantitative estimate of drug-likeness (QED) is 0.377. The zero-order valence-corrected chi connectivity index (χ0v) is 13.5. The van der Waals surface area contributed by atoms with Crippen molar-refractivity contribution in [3.05, 3.63) is 69.9 Å². The van der Waals surface area contributed by atoms with E-state index in [4.69, 9.17) is 0 Å². The van der Waals surface area contributed by atoms with Gasteiger partial charge in [0.25, 0.3) is 0 Å². The highest BCUT2D eigenvalue weighted by molar-refractivity contribution is 5.37. The van der Waals surface area contributed by atoms with Crippen molar-refractivity contribution in [3.63, 3.8) is 0 Å². The van der Waals surface area contributed by atoms with Crippen LogP contribution in [0, 0.1) is 10.1 Å². The summed E-state index contributed by atoms with van der Waals surface area (Å²) in [5.74, 6) is -2.83. The van der Waals surface area contributed by atoms with Gasteiger partial charge >= 0.3 is 5.79 Å². The fraction of sp³-hybridized carbons (Fsp3) is 0.444. The van der Waals surface area contributed by atoms with Gasteiger partial charge in [-0.2, -0.15) is 4.39 Å². The van der Waals surface area contributed by atoms with E-state index in [0.29, 0.717) is 6.54 Å². The number of likely N-dealkylation sites (tertiary alicyclic amines) is 1. The number of rotatable bonds is 6. The number of alkyl halides is 1. The van der Waals surface area contributed by atoms with Crippen LogP contribution in [-0.2, 0) is 0 Å². The van der Waals surface area contributed by atoms with Gasteiger partial charge in [-0.15, -0.1) is 0 Å². The average molecular weight is 331 g/mol. The molecule has 1 aliphatic heterocycles. The van der Waals surface area contributed by atoms with Gasteiger partial charge in [0, 0.05) is 25.1 Å². The first-order valence-electron chi connectivity index (χ1n) is 8.36. The van der Waals surface area contributed by atoms with Gasteiger partial charge in [0.15, 0.2) is 0 Å². The van der Waals surface area contributed by atoms with Crippen LogP contribution in [0.4, 0.5) is 4.39 Å². The average Bonchev–Trinajstić information content (AvgIpc) is 3.10. The zero-order valence-electron chi connectivity index (χ0n) is 13.5. The Morgan fingerprint density at radius 1 is 1.29 bits per heavy atom. The summed E-state index contributed by atoms with van der Waals surface area (Å²) in [6.45, 7) is 3.36. The SMILES string of the molecule is O=[N+]([O-])C1(F)C=CC(c2ccccc2)C=C1NCCN1CCCC1. The molecule has 1 saturated heterocycles. The number of nitrogens with zero attached hydrogens (tertiary/aromatic N) is 2. The minimum Gasteiger partial charge on any atom is -0.379 e. The van der Waals surface area contributed by atoms with Crippen LogP contribution < -0.4 is 5.32 Å². The highest BCUT2D eigenvalue weighted by atomic mass is 19.1. The standard InChI is InChI=1S/C18H22FN3O2/c19-18(22(23)24)9-8-16(15-6-2-1-3-7-15)14-17(18)20-10-13-21-11-4-5-12-21/h1-3,6-9,14,16,20H,4-5,10-13H2. The van der Waals surface area contributed by atoms with Gasteiger partial charge in [0.05, 0.1) is 4.92 Å². The molecule has 0 aromatic heterocycles. The van der Waals surface area contributed by atoms with Crippen LogP contribution in [-0.4, -0.2) is 41.8 Å². The molecule has 1 aromatic rings. The lowest BCUT2D eigenvalue weighted by molar-refractivity contribution is -0.578. The first-order valence-corrected chi connectivity index (χ1v) is 8.36. The summed E-state index contributed by atoms with van der Waals surface area (Å²) in [5.41, 5.74) is 1.01. The van der Waals surface area contributed by atoms with E-state index < -0.39 is 10.7 Å². The molecular formula is C18H22FN3O2. The van der Waals surface area contributed by atoms with Crippen molar-refractivity contribution >= 4 is 0 Å². The minimum atomic E-state index is -2.67. The van der Waals surface area contributed by atoms with E-state index in [1.54, 1.807) is 12.2 Å². The van der Waals surface area contributed by atoms with Crippen LogP contribution in [0.1, 0.15) is 24.3 Å². The molecule has 0 radical (unpaired) electrons. The summed E-state index contributed by atoms with van der Waals surface area (Å²) >= 11 is 0. The van der Waals surface area contributed by atoms with Gasteiger partial charge in [0.1, 0.15) is 5.70 Å². The maximum absolute atomic E-state index is 14.8. The van der Waals surface area contributed by atoms with Crippen LogP contribution >= 0.6 is 0 Å². The van der Waals surface area contributed by atoms with Crippen LogP contribution in [0.3, 0.4) is 0 Å². The molecule has 1 fully saturated rings. The van der Waals surface area contributed by atoms with E-state index in [-0.39, 0.29) is 11.6 Å². The number of nitrogens with one attached hydrogen (secondary N) is 1. The molecule has 3 rings (SSSR count). The van der Waals surface area contributed by atoms with Crippen molar-refractivity contribution in [2.75, 3.05) is 26.2 Å². The number of nitro groups is 1. The molecule has 1 aromatic carbocycles. The number of hydrogen-bond acceptors (Lipinski definition) is 4. The van der Waals surface area contributed by atoms with Gasteiger partial charge in [-0.05, 0) is 37.6 Å². The van der Waals surface area contributed by atoms with E-state index in [2.05, 4.69) is 10.2 Å². The molecule has 1 N–H and O–H groups in total. The smallest absolute Gasteiger partial charge is 0.379 e. The van der Waals surface area contributed by atoms with Crippen molar-refractivity contribution in [2.45, 2.75) is 24.6 Å². The third-order valence-electron chi connectivity index (χ3n) is 4.64. The Morgan fingerprint density at radius 2 is 2.00 bits per heavy atom. The first kappa shape index (κ1) is 16.6. The molecule has 5 nitrogen and oxygen atoms in total. The predicted octanol–water partition coefficient (Wildman–Crippen LogP) is 2.85. The van der Waals surface area contributed by atoms with Gasteiger partial charge in [-0.3, -0.25) is 10.1 Å². The van der Waals surface area contributed by atoms with E-state index in [9.17, 15) is 14.5 Å². The lowest BCUT2D eigenvalue weighted by Crippen LogP contribution is -2.43. The number of halogens is 1. The fourth-order valence-electron chi connectivity index (χ4n) is 3.25. The molecule has 0 spiro atoms. The number of hydrogen-bond donors (Lipinski definition) is 1. The van der Waals surface area contributed by atoms with E-state index in [1.165, 1.54) is 12.8 Å². The van der Waals surface area contributed by atoms with Crippen LogP contribution in [0.25, 0.3) is 0 Å². The molecular weight excluding hydrogens is 309 g/mol. The number of allylic oxidation sites excluding steroid dienone is 2. The summed E-state index contributed by atoms with van der Waals surface area (Å²) in [5, 5.41) is 14.2. The summed E-state index contributed by atoms with van der Waals surface area (Å²) in [7, 11) is 0. The zero-order chi connectivity index (χ0) is 17.0. The molecule has 2 unspecified atom stereocenters. The Balaban J connectivity index is 1.74. The Kier molecular flexibility index (Phi) is 4.94. The van der Waals surface area contributed by atoms with E-state index in [1.807, 2.05) is 30.3 Å². The Labute approximate surface area is 141 Å². The third-order valence-corrected chi connectivity index (χ3v) is 4.64. The lowest BCUT2D eigenvalue weighted by atomic mass is 9.90. The monoisotopic (exact) mass is 331 g/mol. The molecule has 0 amide bonds. The second-order valence-electron chi connectivity index (χ2n) is 6.28. The topological polar surface area (TPSA) is 58.4 Å². The molecule has 1 aliphatic carbocycles. The van der Waals surface area contributed by atoms with Crippen LogP contribution in [0.5, 0.6) is 0 Å². The lowest BCUT2D eigenvalue weighted by Gasteiger charge is -2.25. The molecule has 2 atom stereocenters. The van der Waals surface area contributed by atoms with Gasteiger partial charge in [-0.25, -0.2) is 0 Å². The molecule has 2 aliphatic rings. The maximum atomic E-state index is 14.8. The molecule has 6 heteroatoms. The summed E-state index contributed by atoms with van der Waals surface area (Å²) in [6.07, 6.45) is 6.61. The van der Waals surface area contributed by atoms with Crippen molar-refractivity contribution in [1.82, 2.24) is 10.2 Å². The molecule has 24 heavy (non-hydrogen) atoms. The van der Waals surface area contributed by atoms with Crippen molar-refractivity contribution in [1.29, 1.82) is 0 Å². The van der Waals surface area contributed by atoms with Gasteiger partial charge < -0.3 is 10.2 Å². The Bertz CT molecular complexity index is 641. The minimum absolute atomic E-state index is 0.0306. The maximum Gasteiger partial charge on any atom is 0.418 e. The van der Waals surface area contributed by atoms with Crippen molar-refractivity contribution in [3.8, 4) is 0 Å². The summed E-state index contributed by atoms with van der Waals surface area (Å²) in [6, 6.07) is 9.59. The second kappa shape index (κ2) is 7.13. The molecule has 0 saturated carbocycles. The van der Waals surface area contributed by atoms with E-state index >= 15 is 0 Å². The highest BCUT2D eigenvalue weighted by Crippen LogP contribution is 2.33. The Hall–Kier alpha value is -2.21. The summed E-state index contributed by atoms with van der Waals surface area (Å²) in [4.78, 5) is 12.6. The predicted molar refractivity (Wildman–Crippen MR) is 90.9 cm³/mol. The fourth-order valence-corrected chi connectivity index (χ4v) is 3.25. The van der Waals surface area contributed by atoms with E-state index in [0.717, 1.165) is 31.3 Å². The van der Waals surface area contributed by atoms with Gasteiger partial charge in [-0.1, -0.05) is 36.4 Å². The highest BCUT2D eigenvalue weighted by Gasteiger charge is 2.47. The molecule has 0 bridgehead atoms. The summed E-state index contributed by atoms with van der Waals surface area (Å²) < 4.78 is 14.8. The van der Waals surface area contributed by atoms with Crippen LogP contribution in [0.15, 0.2) is 54.3 Å². The largest absolute Gasteiger partial charge is 0.418 e. The van der Waals surface area contributed by atoms with Gasteiger partial charge in [0.2, 0.25) is 0 Å². The number of benzene rings is 1.